The molecule has 1 fully saturated rings. The van der Waals surface area contributed by atoms with E-state index >= 15 is 0 Å². The summed E-state index contributed by atoms with van der Waals surface area (Å²) in [6, 6.07) is 4.04. The van der Waals surface area contributed by atoms with Crippen LogP contribution in [0.3, 0.4) is 0 Å². The lowest BCUT2D eigenvalue weighted by atomic mass is 9.90. The summed E-state index contributed by atoms with van der Waals surface area (Å²) in [4.78, 5) is 0. The number of nitrogens with two attached hydrogens (primary N) is 1. The second-order valence-electron chi connectivity index (χ2n) is 4.94. The normalized spacial score (nSPS) is 17.4. The average Bonchev–Trinajstić information content (AvgIpc) is 2.46. The fraction of sp³-hybridized carbons (Fsp3) is 0.500. The van der Waals surface area contributed by atoms with Crippen molar-refractivity contribution in [3.05, 3.63) is 29.6 Å². The minimum absolute atomic E-state index is 0.141. The Morgan fingerprint density at radius 1 is 1.37 bits per heavy atom. The van der Waals surface area contributed by atoms with E-state index in [1.165, 1.54) is 50.3 Å². The van der Waals surface area contributed by atoms with E-state index in [1.54, 1.807) is 0 Å². The molecule has 1 saturated carbocycles. The van der Waals surface area contributed by atoms with Crippen LogP contribution in [0.2, 0.25) is 0 Å². The first kappa shape index (κ1) is 13.6. The van der Waals surface area contributed by atoms with Crippen molar-refractivity contribution in [1.29, 1.82) is 0 Å². The Balaban J connectivity index is 2.06. The maximum absolute atomic E-state index is 13.2. The predicted octanol–water partition coefficient (Wildman–Crippen LogP) is 2.88. The second kappa shape index (κ2) is 6.41. The molecule has 0 radical (unpaired) electrons. The standard InChI is InChI=1S/C14H19FN2O2/c15-11-6-7-13(12(8-11)14(16)17-18)19-9-10-4-2-1-3-5-10/h6-8,10,18H,1-5,9H2,(H2,16,17). The highest BCUT2D eigenvalue weighted by molar-refractivity contribution is 5.99. The van der Waals surface area contributed by atoms with E-state index in [-0.39, 0.29) is 5.84 Å². The number of halogens is 1. The molecule has 5 heteroatoms. The third-order valence-electron chi connectivity index (χ3n) is 3.52. The van der Waals surface area contributed by atoms with Gasteiger partial charge in [0.1, 0.15) is 11.6 Å². The van der Waals surface area contributed by atoms with Gasteiger partial charge in [-0.05, 0) is 37.0 Å². The van der Waals surface area contributed by atoms with Crippen LogP contribution in [-0.2, 0) is 0 Å². The fourth-order valence-corrected chi connectivity index (χ4v) is 2.44. The highest BCUT2D eigenvalue weighted by Crippen LogP contribution is 2.26. The largest absolute Gasteiger partial charge is 0.493 e. The van der Waals surface area contributed by atoms with Gasteiger partial charge in [-0.15, -0.1) is 0 Å². The van der Waals surface area contributed by atoms with Gasteiger partial charge in [-0.2, -0.15) is 0 Å². The molecule has 0 unspecified atom stereocenters. The van der Waals surface area contributed by atoms with Gasteiger partial charge in [0.25, 0.3) is 0 Å². The Kier molecular flexibility index (Phi) is 4.60. The minimum Gasteiger partial charge on any atom is -0.493 e. The van der Waals surface area contributed by atoms with Crippen LogP contribution in [0.25, 0.3) is 0 Å². The zero-order valence-electron chi connectivity index (χ0n) is 10.8. The molecule has 0 atom stereocenters. The minimum atomic E-state index is -0.438. The zero-order chi connectivity index (χ0) is 13.7. The van der Waals surface area contributed by atoms with Crippen LogP contribution in [0.5, 0.6) is 5.75 Å². The van der Waals surface area contributed by atoms with Crippen LogP contribution < -0.4 is 10.5 Å². The van der Waals surface area contributed by atoms with Crippen LogP contribution in [0, 0.1) is 11.7 Å². The molecule has 3 N–H and O–H groups in total. The van der Waals surface area contributed by atoms with Crippen molar-refractivity contribution >= 4 is 5.84 Å². The van der Waals surface area contributed by atoms with Crippen molar-refractivity contribution in [2.24, 2.45) is 16.8 Å². The smallest absolute Gasteiger partial charge is 0.173 e. The monoisotopic (exact) mass is 266 g/mol. The van der Waals surface area contributed by atoms with Crippen LogP contribution in [-0.4, -0.2) is 17.6 Å². The molecule has 0 spiro atoms. The zero-order valence-corrected chi connectivity index (χ0v) is 10.8. The Bertz CT molecular complexity index is 457. The third kappa shape index (κ3) is 3.59. The first-order valence-electron chi connectivity index (χ1n) is 6.61. The number of oxime groups is 1. The first-order valence-corrected chi connectivity index (χ1v) is 6.61. The Labute approximate surface area is 112 Å². The SMILES string of the molecule is NC(=NO)c1cc(F)ccc1OCC1CCCCC1. The molecular formula is C14H19FN2O2. The molecule has 4 nitrogen and oxygen atoms in total. The molecule has 2 rings (SSSR count). The molecule has 0 bridgehead atoms. The number of hydrogen-bond acceptors (Lipinski definition) is 3. The van der Waals surface area contributed by atoms with Crippen LogP contribution in [0.4, 0.5) is 4.39 Å². The summed E-state index contributed by atoms with van der Waals surface area (Å²) in [7, 11) is 0. The molecule has 0 saturated heterocycles. The van der Waals surface area contributed by atoms with Crippen LogP contribution >= 0.6 is 0 Å². The summed E-state index contributed by atoms with van der Waals surface area (Å²) in [5, 5.41) is 11.6. The molecule has 104 valence electrons. The number of benzene rings is 1. The Hall–Kier alpha value is -1.78. The van der Waals surface area contributed by atoms with Gasteiger partial charge in [-0.25, -0.2) is 4.39 Å². The Morgan fingerprint density at radius 3 is 2.79 bits per heavy atom. The highest BCUT2D eigenvalue weighted by Gasteiger charge is 2.16. The number of rotatable bonds is 4. The third-order valence-corrected chi connectivity index (χ3v) is 3.52. The van der Waals surface area contributed by atoms with Crippen molar-refractivity contribution in [2.75, 3.05) is 6.61 Å². The number of nitrogens with zero attached hydrogens (tertiary/aromatic N) is 1. The highest BCUT2D eigenvalue weighted by atomic mass is 19.1. The second-order valence-corrected chi connectivity index (χ2v) is 4.94. The van der Waals surface area contributed by atoms with E-state index in [0.29, 0.717) is 23.8 Å². The van der Waals surface area contributed by atoms with Gasteiger partial charge in [0.05, 0.1) is 12.2 Å². The van der Waals surface area contributed by atoms with Gasteiger partial charge in [-0.3, -0.25) is 0 Å². The topological polar surface area (TPSA) is 67.8 Å². The fourth-order valence-electron chi connectivity index (χ4n) is 2.44. The van der Waals surface area contributed by atoms with Gasteiger partial charge in [0.2, 0.25) is 0 Å². The van der Waals surface area contributed by atoms with Gasteiger partial charge >= 0.3 is 0 Å². The predicted molar refractivity (Wildman–Crippen MR) is 71.0 cm³/mol. The first-order chi connectivity index (χ1) is 9.20. The lowest BCUT2D eigenvalue weighted by Crippen LogP contribution is -2.19. The van der Waals surface area contributed by atoms with Crippen molar-refractivity contribution < 1.29 is 14.3 Å². The molecule has 0 amide bonds. The maximum atomic E-state index is 13.2. The Morgan fingerprint density at radius 2 is 2.11 bits per heavy atom. The van der Waals surface area contributed by atoms with Crippen LogP contribution in [0.1, 0.15) is 37.7 Å². The summed E-state index contributed by atoms with van der Waals surface area (Å²) in [6.45, 7) is 0.595. The van der Waals surface area contributed by atoms with E-state index in [4.69, 9.17) is 15.7 Å². The summed E-state index contributed by atoms with van der Waals surface area (Å²) >= 11 is 0. The molecule has 0 heterocycles. The van der Waals surface area contributed by atoms with E-state index in [2.05, 4.69) is 5.16 Å². The average molecular weight is 266 g/mol. The summed E-state index contributed by atoms with van der Waals surface area (Å²) in [6.07, 6.45) is 6.11. The lowest BCUT2D eigenvalue weighted by molar-refractivity contribution is 0.208. The number of hydrogen-bond donors (Lipinski definition) is 2. The van der Waals surface area contributed by atoms with Gasteiger partial charge in [-0.1, -0.05) is 24.4 Å². The lowest BCUT2D eigenvalue weighted by Gasteiger charge is -2.22. The van der Waals surface area contributed by atoms with E-state index in [9.17, 15) is 4.39 Å². The molecule has 1 aromatic carbocycles. The van der Waals surface area contributed by atoms with Gasteiger partial charge < -0.3 is 15.7 Å². The van der Waals surface area contributed by atoms with Crippen LogP contribution in [0.15, 0.2) is 23.4 Å². The number of ether oxygens (including phenoxy) is 1. The van der Waals surface area contributed by atoms with Gasteiger partial charge in [0.15, 0.2) is 5.84 Å². The maximum Gasteiger partial charge on any atom is 0.173 e. The molecule has 19 heavy (non-hydrogen) atoms. The van der Waals surface area contributed by atoms with Crippen molar-refractivity contribution in [3.8, 4) is 5.75 Å². The van der Waals surface area contributed by atoms with Gasteiger partial charge in [0, 0.05) is 0 Å². The molecule has 0 aliphatic heterocycles. The molecule has 0 aromatic heterocycles. The van der Waals surface area contributed by atoms with Crippen molar-refractivity contribution in [1.82, 2.24) is 0 Å². The van der Waals surface area contributed by atoms with E-state index < -0.39 is 5.82 Å². The summed E-state index contributed by atoms with van der Waals surface area (Å²) in [5.74, 6) is 0.422. The van der Waals surface area contributed by atoms with E-state index in [1.807, 2.05) is 0 Å². The quantitative estimate of drug-likeness (QED) is 0.381. The number of amidine groups is 1. The molecule has 1 aliphatic carbocycles. The van der Waals surface area contributed by atoms with Crippen molar-refractivity contribution in [3.63, 3.8) is 0 Å². The summed E-state index contributed by atoms with van der Waals surface area (Å²) < 4.78 is 18.9. The summed E-state index contributed by atoms with van der Waals surface area (Å²) in [5.41, 5.74) is 5.82. The molecule has 1 aromatic rings. The van der Waals surface area contributed by atoms with E-state index in [0.717, 1.165) is 0 Å². The molecular weight excluding hydrogens is 247 g/mol. The molecule has 1 aliphatic rings. The van der Waals surface area contributed by atoms with Crippen molar-refractivity contribution in [2.45, 2.75) is 32.1 Å².